The van der Waals surface area contributed by atoms with E-state index in [1.54, 1.807) is 7.48 Å². The molecule has 1 radical (unpaired) electrons. The van der Waals surface area contributed by atoms with Crippen LogP contribution in [0, 0.1) is 30.1 Å². The van der Waals surface area contributed by atoms with Gasteiger partial charge in [0.05, 0.1) is 5.60 Å². The molecule has 2 fully saturated rings. The average Bonchev–Trinajstić information content (AvgIpc) is 3.61. The number of carbonyl (C=O) groups excluding carboxylic acids is 1. The van der Waals surface area contributed by atoms with Crippen molar-refractivity contribution in [1.82, 2.24) is 0 Å². The van der Waals surface area contributed by atoms with E-state index in [0.717, 1.165) is 33.8 Å². The minimum atomic E-state index is -0.482. The first-order valence-corrected chi connectivity index (χ1v) is 16.7. The highest BCUT2D eigenvalue weighted by Gasteiger charge is 2.39. The van der Waals surface area contributed by atoms with Gasteiger partial charge in [0.15, 0.2) is 0 Å². The predicted octanol–water partition coefficient (Wildman–Crippen LogP) is 10.1. The Bertz CT molecular complexity index is 899. The van der Waals surface area contributed by atoms with Crippen LogP contribution in [0.15, 0.2) is 18.2 Å². The van der Waals surface area contributed by atoms with Crippen molar-refractivity contribution in [2.75, 3.05) is 0 Å². The van der Waals surface area contributed by atoms with Gasteiger partial charge in [0.25, 0.3) is 0 Å². The van der Waals surface area contributed by atoms with Gasteiger partial charge in [-0.1, -0.05) is 90.9 Å². The summed E-state index contributed by atoms with van der Waals surface area (Å²) in [4.78, 5) is 12.5. The monoisotopic (exact) mass is 571 g/mol. The van der Waals surface area contributed by atoms with E-state index in [0.29, 0.717) is 0 Å². The van der Waals surface area contributed by atoms with Gasteiger partial charge in [-0.05, 0) is 109 Å². The van der Waals surface area contributed by atoms with Gasteiger partial charge in [0.1, 0.15) is 5.78 Å². The van der Waals surface area contributed by atoms with Crippen LogP contribution in [0.2, 0.25) is 0 Å². The second-order valence-electron chi connectivity index (χ2n) is 14.9. The Morgan fingerprint density at radius 3 is 1.98 bits per heavy atom. The maximum Gasteiger partial charge on any atom is 0.330 e. The molecular formula is C36H64BO2S. The first kappa shape index (κ1) is 37.3. The predicted molar refractivity (Wildman–Crippen MR) is 181 cm³/mol. The van der Waals surface area contributed by atoms with E-state index in [9.17, 15) is 4.79 Å². The molecule has 1 aromatic rings. The van der Waals surface area contributed by atoms with Crippen molar-refractivity contribution in [2.24, 2.45) is 23.2 Å². The molecule has 1 aromatic carbocycles. The van der Waals surface area contributed by atoms with Gasteiger partial charge in [-0.25, -0.2) is 0 Å². The molecule has 0 N–H and O–H groups in total. The van der Waals surface area contributed by atoms with Gasteiger partial charge < -0.3 is 4.65 Å². The summed E-state index contributed by atoms with van der Waals surface area (Å²) in [5, 5.41) is 0. The van der Waals surface area contributed by atoms with E-state index < -0.39 is 11.0 Å². The highest BCUT2D eigenvalue weighted by atomic mass is 32.1. The Morgan fingerprint density at radius 1 is 1.05 bits per heavy atom. The Labute approximate surface area is 256 Å². The minimum absolute atomic E-state index is 0.0207. The summed E-state index contributed by atoms with van der Waals surface area (Å²) in [7, 11) is 1.78. The van der Waals surface area contributed by atoms with Crippen molar-refractivity contribution in [3.05, 3.63) is 29.3 Å². The second-order valence-corrected chi connectivity index (χ2v) is 16.0. The average molecular weight is 572 g/mol. The summed E-state index contributed by atoms with van der Waals surface area (Å²) in [5.74, 6) is 2.44. The van der Waals surface area contributed by atoms with E-state index in [4.69, 9.17) is 4.65 Å². The van der Waals surface area contributed by atoms with Crippen LogP contribution in [0.3, 0.4) is 0 Å². The molecule has 3 rings (SSSR count). The lowest BCUT2D eigenvalue weighted by Crippen LogP contribution is -2.45. The lowest BCUT2D eigenvalue weighted by atomic mass is 9.73. The molecule has 0 bridgehead atoms. The van der Waals surface area contributed by atoms with Crippen molar-refractivity contribution in [2.45, 2.75) is 164 Å². The van der Waals surface area contributed by atoms with Crippen molar-refractivity contribution in [3.63, 3.8) is 0 Å². The van der Waals surface area contributed by atoms with Crippen LogP contribution in [0.1, 0.15) is 152 Å². The first-order chi connectivity index (χ1) is 18.4. The summed E-state index contributed by atoms with van der Waals surface area (Å²) in [6.07, 6.45) is 13.2. The second kappa shape index (κ2) is 15.7. The van der Waals surface area contributed by atoms with Crippen LogP contribution >= 0.6 is 12.6 Å². The van der Waals surface area contributed by atoms with E-state index in [1.165, 1.54) is 57.8 Å². The number of hydrogen-bond donors (Lipinski definition) is 1. The standard InChI is InChI=1S/C20H32BO2S.2C8H16/c1-13(2)17(22)18(4,5)16-11-10-15(12-14(16)3)21-23-19(6,7)20(8,9)24;1-3-4-8-5-7(2)6-8;1-3-5-8(4-2)6-7-8/h10-13,24H,1-9H3;7-8H,3-6H2,1-2H3;3-7H2,1-2H3. The molecule has 0 aliphatic heterocycles. The van der Waals surface area contributed by atoms with Crippen LogP contribution in [-0.2, 0) is 14.9 Å². The Hall–Kier alpha value is -0.735. The molecule has 2 saturated carbocycles. The summed E-state index contributed by atoms with van der Waals surface area (Å²) in [6, 6.07) is 6.13. The molecule has 229 valence electrons. The third-order valence-electron chi connectivity index (χ3n) is 9.68. The maximum absolute atomic E-state index is 12.5. The van der Waals surface area contributed by atoms with E-state index in [-0.39, 0.29) is 16.4 Å². The topological polar surface area (TPSA) is 26.3 Å². The van der Waals surface area contributed by atoms with Crippen molar-refractivity contribution in [1.29, 1.82) is 0 Å². The zero-order chi connectivity index (χ0) is 30.9. The van der Waals surface area contributed by atoms with Crippen molar-refractivity contribution >= 4 is 31.4 Å². The maximum atomic E-state index is 12.5. The zero-order valence-electron chi connectivity index (χ0n) is 28.7. The van der Waals surface area contributed by atoms with Crippen LogP contribution in [0.5, 0.6) is 0 Å². The fourth-order valence-corrected chi connectivity index (χ4v) is 5.93. The summed E-state index contributed by atoms with van der Waals surface area (Å²) < 4.78 is 5.72. The minimum Gasteiger partial charge on any atom is -0.428 e. The van der Waals surface area contributed by atoms with Gasteiger partial charge in [0.2, 0.25) is 0 Å². The van der Waals surface area contributed by atoms with Gasteiger partial charge in [0, 0.05) is 16.1 Å². The SMILES string of the molecule is CCCC1(CC)CC1.CCCC1CC(C)C1.Cc1cc([B]OC(C)(C)C(C)(C)S)ccc1C(C)(C)C(=O)C(C)C. The summed E-state index contributed by atoms with van der Waals surface area (Å²) in [5.41, 5.74) is 3.14. The molecule has 0 aromatic heterocycles. The fraction of sp³-hybridized carbons (Fsp3) is 0.806. The molecule has 4 heteroatoms. The van der Waals surface area contributed by atoms with E-state index >= 15 is 0 Å². The normalized spacial score (nSPS) is 20.0. The highest BCUT2D eigenvalue weighted by Crippen LogP contribution is 2.52. The number of carbonyl (C=O) groups is 1. The Balaban J connectivity index is 0.000000400. The van der Waals surface area contributed by atoms with Gasteiger partial charge in [-0.2, -0.15) is 12.6 Å². The van der Waals surface area contributed by atoms with Crippen LogP contribution < -0.4 is 5.46 Å². The van der Waals surface area contributed by atoms with Crippen LogP contribution in [-0.4, -0.2) is 23.6 Å². The number of rotatable bonds is 12. The van der Waals surface area contributed by atoms with E-state index in [2.05, 4.69) is 53.3 Å². The number of benzene rings is 1. The molecule has 0 heterocycles. The lowest BCUT2D eigenvalue weighted by Gasteiger charge is -2.38. The highest BCUT2D eigenvalue weighted by molar-refractivity contribution is 7.81. The van der Waals surface area contributed by atoms with Gasteiger partial charge in [-0.3, -0.25) is 4.79 Å². The zero-order valence-corrected chi connectivity index (χ0v) is 29.6. The fourth-order valence-electron chi connectivity index (χ4n) is 5.88. The molecule has 0 spiro atoms. The molecule has 2 nitrogen and oxygen atoms in total. The van der Waals surface area contributed by atoms with Gasteiger partial charge >= 0.3 is 7.48 Å². The Kier molecular flexibility index (Phi) is 14.6. The number of aryl methyl sites for hydroxylation is 1. The molecule has 0 amide bonds. The third kappa shape index (κ3) is 11.2. The van der Waals surface area contributed by atoms with E-state index in [1.807, 2.05) is 67.5 Å². The number of ketones is 1. The lowest BCUT2D eigenvalue weighted by molar-refractivity contribution is -0.126. The van der Waals surface area contributed by atoms with Crippen LogP contribution in [0.4, 0.5) is 0 Å². The number of hydrogen-bond acceptors (Lipinski definition) is 3. The molecule has 2 aliphatic rings. The largest absolute Gasteiger partial charge is 0.428 e. The van der Waals surface area contributed by atoms with Gasteiger partial charge in [-0.15, -0.1) is 0 Å². The van der Waals surface area contributed by atoms with Crippen molar-refractivity contribution < 1.29 is 9.45 Å². The summed E-state index contributed by atoms with van der Waals surface area (Å²) >= 11 is 4.62. The first-order valence-electron chi connectivity index (χ1n) is 16.2. The molecule has 0 saturated heterocycles. The van der Waals surface area contributed by atoms with Crippen LogP contribution in [0.25, 0.3) is 0 Å². The third-order valence-corrected chi connectivity index (χ3v) is 10.2. The molecule has 2 aliphatic carbocycles. The Morgan fingerprint density at radius 2 is 1.62 bits per heavy atom. The molecule has 0 unspecified atom stereocenters. The molecule has 0 atom stereocenters. The van der Waals surface area contributed by atoms with Crippen molar-refractivity contribution in [3.8, 4) is 0 Å². The molecule has 40 heavy (non-hydrogen) atoms. The summed E-state index contributed by atoms with van der Waals surface area (Å²) in [6.45, 7) is 27.4. The number of thiol groups is 1. The quantitative estimate of drug-likeness (QED) is 0.200. The number of Topliss-reactive ketones (excluding diaryl/α,β-unsaturated/α-hetero) is 1. The molecular weight excluding hydrogens is 507 g/mol. The smallest absolute Gasteiger partial charge is 0.330 e.